The molecule has 110 valence electrons. The van der Waals surface area contributed by atoms with Crippen LogP contribution in [0.1, 0.15) is 17.3 Å². The monoisotopic (exact) mass is 305 g/mol. The predicted molar refractivity (Wildman–Crippen MR) is 80.8 cm³/mol. The second-order valence-electron chi connectivity index (χ2n) is 4.22. The van der Waals surface area contributed by atoms with E-state index in [1.807, 2.05) is 18.2 Å². The van der Waals surface area contributed by atoms with Crippen molar-refractivity contribution in [3.8, 4) is 5.75 Å². The zero-order valence-electron chi connectivity index (χ0n) is 11.7. The highest BCUT2D eigenvalue weighted by molar-refractivity contribution is 7.14. The molecule has 0 saturated carbocycles. The molecule has 1 amide bonds. The van der Waals surface area contributed by atoms with Crippen LogP contribution in [0.3, 0.4) is 0 Å². The zero-order valence-corrected chi connectivity index (χ0v) is 12.5. The van der Waals surface area contributed by atoms with Gasteiger partial charge in [0.2, 0.25) is 0 Å². The van der Waals surface area contributed by atoms with Crippen LogP contribution in [0.25, 0.3) is 0 Å². The molecule has 1 N–H and O–H groups in total. The quantitative estimate of drug-likeness (QED) is 0.863. The van der Waals surface area contributed by atoms with Crippen molar-refractivity contribution in [3.05, 3.63) is 47.3 Å². The summed E-state index contributed by atoms with van der Waals surface area (Å²) in [6, 6.07) is 10.7. The summed E-state index contributed by atoms with van der Waals surface area (Å²) < 4.78 is 10.2. The third-order valence-electron chi connectivity index (χ3n) is 2.73. The van der Waals surface area contributed by atoms with Crippen molar-refractivity contribution in [2.75, 3.05) is 12.4 Å². The van der Waals surface area contributed by atoms with Gasteiger partial charge in [-0.15, -0.1) is 11.3 Å². The molecule has 0 aliphatic rings. The van der Waals surface area contributed by atoms with Crippen LogP contribution >= 0.6 is 11.3 Å². The minimum absolute atomic E-state index is 0.327. The van der Waals surface area contributed by atoms with E-state index in [1.165, 1.54) is 18.4 Å². The first-order valence-electron chi connectivity index (χ1n) is 6.30. The molecule has 0 spiro atoms. The number of para-hydroxylation sites is 1. The number of thiophene rings is 1. The van der Waals surface area contributed by atoms with Gasteiger partial charge >= 0.3 is 5.97 Å². The molecule has 5 nitrogen and oxygen atoms in total. The molecule has 0 aliphatic heterocycles. The van der Waals surface area contributed by atoms with Gasteiger partial charge in [0.1, 0.15) is 10.8 Å². The van der Waals surface area contributed by atoms with E-state index in [9.17, 15) is 9.59 Å². The molecular formula is C15H15NO4S. The Labute approximate surface area is 126 Å². The number of anilines is 1. The van der Waals surface area contributed by atoms with Crippen molar-refractivity contribution < 1.29 is 19.1 Å². The number of amides is 1. The molecule has 2 aromatic rings. The maximum atomic E-state index is 12.1. The lowest BCUT2D eigenvalue weighted by Gasteiger charge is -2.14. The van der Waals surface area contributed by atoms with E-state index < -0.39 is 12.1 Å². The van der Waals surface area contributed by atoms with Gasteiger partial charge in [0.05, 0.1) is 12.7 Å². The van der Waals surface area contributed by atoms with Gasteiger partial charge in [-0.3, -0.25) is 4.79 Å². The Balaban J connectivity index is 2.01. The van der Waals surface area contributed by atoms with Crippen molar-refractivity contribution in [3.63, 3.8) is 0 Å². The number of ether oxygens (including phenoxy) is 2. The van der Waals surface area contributed by atoms with Crippen molar-refractivity contribution in [1.82, 2.24) is 0 Å². The molecular weight excluding hydrogens is 290 g/mol. The maximum absolute atomic E-state index is 12.1. The van der Waals surface area contributed by atoms with Crippen LogP contribution in [0.4, 0.5) is 5.00 Å². The van der Waals surface area contributed by atoms with Gasteiger partial charge in [-0.1, -0.05) is 18.2 Å². The van der Waals surface area contributed by atoms with E-state index in [4.69, 9.17) is 4.74 Å². The van der Waals surface area contributed by atoms with Gasteiger partial charge in [0.15, 0.2) is 6.10 Å². The van der Waals surface area contributed by atoms with Crippen LogP contribution in [0.2, 0.25) is 0 Å². The highest BCUT2D eigenvalue weighted by atomic mass is 32.1. The van der Waals surface area contributed by atoms with E-state index >= 15 is 0 Å². The van der Waals surface area contributed by atoms with E-state index in [0.29, 0.717) is 16.3 Å². The molecule has 1 atom stereocenters. The summed E-state index contributed by atoms with van der Waals surface area (Å²) in [7, 11) is 1.30. The van der Waals surface area contributed by atoms with Gasteiger partial charge in [-0.05, 0) is 30.5 Å². The van der Waals surface area contributed by atoms with Crippen LogP contribution in [-0.2, 0) is 9.53 Å². The molecule has 1 heterocycles. The summed E-state index contributed by atoms with van der Waals surface area (Å²) in [6.45, 7) is 1.65. The number of carbonyl (C=O) groups is 2. The second-order valence-corrected chi connectivity index (χ2v) is 5.13. The standard InChI is InChI=1S/C15H15NO4S/c1-10(20-11-6-4-3-5-7-11)13(17)16-14-12(8-9-21-14)15(18)19-2/h3-10H,1-2H3,(H,16,17). The number of carbonyl (C=O) groups excluding carboxylic acids is 2. The highest BCUT2D eigenvalue weighted by Crippen LogP contribution is 2.24. The average Bonchev–Trinajstić information content (AvgIpc) is 2.95. The first-order chi connectivity index (χ1) is 10.1. The van der Waals surface area contributed by atoms with Crippen molar-refractivity contribution >= 4 is 28.2 Å². The van der Waals surface area contributed by atoms with Gasteiger partial charge in [0.25, 0.3) is 5.91 Å². The number of hydrogen-bond acceptors (Lipinski definition) is 5. The molecule has 6 heteroatoms. The fourth-order valence-corrected chi connectivity index (χ4v) is 2.43. The first kappa shape index (κ1) is 15.1. The predicted octanol–water partition coefficient (Wildman–Crippen LogP) is 2.94. The third kappa shape index (κ3) is 3.82. The lowest BCUT2D eigenvalue weighted by molar-refractivity contribution is -0.122. The molecule has 2 rings (SSSR count). The van der Waals surface area contributed by atoms with Crippen LogP contribution in [-0.4, -0.2) is 25.1 Å². The number of rotatable bonds is 5. The Bertz CT molecular complexity index is 624. The number of nitrogens with one attached hydrogen (secondary N) is 1. The molecule has 0 fully saturated rings. The van der Waals surface area contributed by atoms with Crippen molar-refractivity contribution in [2.45, 2.75) is 13.0 Å². The van der Waals surface area contributed by atoms with Crippen LogP contribution in [0, 0.1) is 0 Å². The smallest absolute Gasteiger partial charge is 0.340 e. The molecule has 0 bridgehead atoms. The Morgan fingerprint density at radius 3 is 2.57 bits per heavy atom. The number of esters is 1. The van der Waals surface area contributed by atoms with Gasteiger partial charge in [0, 0.05) is 0 Å². The SMILES string of the molecule is COC(=O)c1ccsc1NC(=O)C(C)Oc1ccccc1. The summed E-state index contributed by atoms with van der Waals surface area (Å²) in [5, 5.41) is 4.85. The summed E-state index contributed by atoms with van der Waals surface area (Å²) in [5.41, 5.74) is 0.336. The van der Waals surface area contributed by atoms with Gasteiger partial charge in [-0.2, -0.15) is 0 Å². The summed E-state index contributed by atoms with van der Waals surface area (Å²) in [6.07, 6.45) is -0.681. The molecule has 1 unspecified atom stereocenters. The largest absolute Gasteiger partial charge is 0.481 e. The highest BCUT2D eigenvalue weighted by Gasteiger charge is 2.19. The lowest BCUT2D eigenvalue weighted by atomic mass is 10.3. The van der Waals surface area contributed by atoms with Gasteiger partial charge < -0.3 is 14.8 Å². The lowest BCUT2D eigenvalue weighted by Crippen LogP contribution is -2.30. The van der Waals surface area contributed by atoms with E-state index in [0.717, 1.165) is 0 Å². The maximum Gasteiger partial charge on any atom is 0.340 e. The van der Waals surface area contributed by atoms with Crippen LogP contribution < -0.4 is 10.1 Å². The summed E-state index contributed by atoms with van der Waals surface area (Å²) >= 11 is 1.26. The molecule has 1 aromatic carbocycles. The molecule has 21 heavy (non-hydrogen) atoms. The number of hydrogen-bond donors (Lipinski definition) is 1. The normalized spacial score (nSPS) is 11.5. The van der Waals surface area contributed by atoms with E-state index in [2.05, 4.69) is 10.1 Å². The minimum Gasteiger partial charge on any atom is -0.481 e. The van der Waals surface area contributed by atoms with E-state index in [-0.39, 0.29) is 5.91 Å². The van der Waals surface area contributed by atoms with Gasteiger partial charge in [-0.25, -0.2) is 4.79 Å². The topological polar surface area (TPSA) is 64.6 Å². The molecule has 1 aromatic heterocycles. The first-order valence-corrected chi connectivity index (χ1v) is 7.18. The second kappa shape index (κ2) is 6.90. The summed E-state index contributed by atoms with van der Waals surface area (Å²) in [5.74, 6) is -0.200. The molecule has 0 aliphatic carbocycles. The summed E-state index contributed by atoms with van der Waals surface area (Å²) in [4.78, 5) is 23.6. The van der Waals surface area contributed by atoms with Crippen LogP contribution in [0.15, 0.2) is 41.8 Å². The number of methoxy groups -OCH3 is 1. The third-order valence-corrected chi connectivity index (χ3v) is 3.56. The zero-order chi connectivity index (χ0) is 15.2. The molecule has 0 radical (unpaired) electrons. The Morgan fingerprint density at radius 1 is 1.19 bits per heavy atom. The van der Waals surface area contributed by atoms with Crippen LogP contribution in [0.5, 0.6) is 5.75 Å². The number of benzene rings is 1. The average molecular weight is 305 g/mol. The van der Waals surface area contributed by atoms with E-state index in [1.54, 1.807) is 30.5 Å². The Kier molecular flexibility index (Phi) is 4.94. The minimum atomic E-state index is -0.681. The molecule has 0 saturated heterocycles. The van der Waals surface area contributed by atoms with Crippen molar-refractivity contribution in [2.24, 2.45) is 0 Å². The Morgan fingerprint density at radius 2 is 1.90 bits per heavy atom. The Hall–Kier alpha value is -2.34. The fraction of sp³-hybridized carbons (Fsp3) is 0.200. The van der Waals surface area contributed by atoms with Crippen molar-refractivity contribution in [1.29, 1.82) is 0 Å². The fourth-order valence-electron chi connectivity index (χ4n) is 1.65.